The Labute approximate surface area is 229 Å². The molecule has 1 atom stereocenters. The molecule has 0 fully saturated rings. The van der Waals surface area contributed by atoms with Crippen molar-refractivity contribution in [2.24, 2.45) is 0 Å². The molecule has 4 aromatic rings. The average Bonchev–Trinajstić information content (AvgIpc) is 2.89. The highest BCUT2D eigenvalue weighted by atomic mass is 35.5. The van der Waals surface area contributed by atoms with E-state index in [1.165, 1.54) is 18.2 Å². The molecule has 0 heterocycles. The maximum Gasteiger partial charge on any atom is 0.257 e. The molecule has 0 spiro atoms. The standard InChI is InChI=1S/C27H16Cl2F4N2O2S/c28-15-6-11-18(19(29)12-15)26(36)34-16-7-9-17(10-8-16)38-25(14-4-2-1-3-5-14)27(37)35-24-22(32)20(30)13-21(31)23(24)33/h1-13,25H,(H,34,36)(H,35,37). The molecule has 0 saturated heterocycles. The van der Waals surface area contributed by atoms with Crippen LogP contribution in [-0.4, -0.2) is 11.8 Å². The van der Waals surface area contributed by atoms with Gasteiger partial charge in [0.2, 0.25) is 5.91 Å². The number of thioether (sulfide) groups is 1. The first-order valence-corrected chi connectivity index (χ1v) is 12.5. The summed E-state index contributed by atoms with van der Waals surface area (Å²) in [4.78, 5) is 26.2. The van der Waals surface area contributed by atoms with Crippen molar-refractivity contribution in [3.05, 3.63) is 123 Å². The number of carbonyl (C=O) groups is 2. The quantitative estimate of drug-likeness (QED) is 0.132. The molecule has 38 heavy (non-hydrogen) atoms. The van der Waals surface area contributed by atoms with Gasteiger partial charge in [-0.05, 0) is 48.0 Å². The van der Waals surface area contributed by atoms with Gasteiger partial charge in [-0.1, -0.05) is 53.5 Å². The molecule has 0 aromatic heterocycles. The topological polar surface area (TPSA) is 58.2 Å². The van der Waals surface area contributed by atoms with Crippen LogP contribution in [-0.2, 0) is 4.79 Å². The molecule has 11 heteroatoms. The van der Waals surface area contributed by atoms with E-state index in [9.17, 15) is 27.2 Å². The van der Waals surface area contributed by atoms with Crippen LogP contribution in [0.1, 0.15) is 21.2 Å². The number of anilines is 2. The summed E-state index contributed by atoms with van der Waals surface area (Å²) in [6.07, 6.45) is 0. The van der Waals surface area contributed by atoms with Crippen LogP contribution in [0.25, 0.3) is 0 Å². The van der Waals surface area contributed by atoms with Gasteiger partial charge in [0, 0.05) is 21.7 Å². The maximum atomic E-state index is 14.2. The van der Waals surface area contributed by atoms with Crippen LogP contribution in [0, 0.1) is 23.3 Å². The molecule has 4 nitrogen and oxygen atoms in total. The predicted octanol–water partition coefficient (Wildman–Crippen LogP) is 8.27. The maximum absolute atomic E-state index is 14.2. The fraction of sp³-hybridized carbons (Fsp3) is 0.0370. The van der Waals surface area contributed by atoms with Crippen molar-refractivity contribution in [2.45, 2.75) is 10.1 Å². The Bertz CT molecular complexity index is 1480. The third kappa shape index (κ3) is 6.30. The zero-order valence-electron chi connectivity index (χ0n) is 19.1. The lowest BCUT2D eigenvalue weighted by Crippen LogP contribution is -2.21. The molecule has 2 N–H and O–H groups in total. The van der Waals surface area contributed by atoms with E-state index in [0.29, 0.717) is 21.2 Å². The number of halogens is 6. The fourth-order valence-electron chi connectivity index (χ4n) is 3.40. The van der Waals surface area contributed by atoms with Crippen molar-refractivity contribution in [1.29, 1.82) is 0 Å². The zero-order chi connectivity index (χ0) is 27.4. The molecule has 0 aliphatic rings. The minimum atomic E-state index is -1.71. The van der Waals surface area contributed by atoms with Crippen LogP contribution < -0.4 is 10.6 Å². The number of rotatable bonds is 7. The Morgan fingerprint density at radius 2 is 1.39 bits per heavy atom. The normalized spacial score (nSPS) is 11.6. The lowest BCUT2D eigenvalue weighted by Gasteiger charge is -2.18. The smallest absolute Gasteiger partial charge is 0.257 e. The Balaban J connectivity index is 1.54. The van der Waals surface area contributed by atoms with Gasteiger partial charge in [0.1, 0.15) is 10.9 Å². The summed E-state index contributed by atoms with van der Waals surface area (Å²) >= 11 is 13.0. The SMILES string of the molecule is O=C(Nc1ccc(SC(C(=O)Nc2c(F)c(F)cc(F)c2F)c2ccccc2)cc1)c1ccc(Cl)cc1Cl. The monoisotopic (exact) mass is 578 g/mol. The highest BCUT2D eigenvalue weighted by molar-refractivity contribution is 8.00. The molecular weight excluding hydrogens is 563 g/mol. The highest BCUT2D eigenvalue weighted by Crippen LogP contribution is 2.37. The average molecular weight is 579 g/mol. The molecule has 4 aromatic carbocycles. The first-order chi connectivity index (χ1) is 18.1. The van der Waals surface area contributed by atoms with E-state index >= 15 is 0 Å². The third-order valence-electron chi connectivity index (χ3n) is 5.24. The minimum Gasteiger partial charge on any atom is -0.322 e. The van der Waals surface area contributed by atoms with Gasteiger partial charge in [-0.3, -0.25) is 9.59 Å². The molecule has 1 unspecified atom stereocenters. The first-order valence-electron chi connectivity index (χ1n) is 10.9. The minimum absolute atomic E-state index is 0.0605. The van der Waals surface area contributed by atoms with Gasteiger partial charge < -0.3 is 10.6 Å². The largest absolute Gasteiger partial charge is 0.322 e. The molecule has 0 bridgehead atoms. The molecule has 4 rings (SSSR count). The number of nitrogens with one attached hydrogen (secondary N) is 2. The second kappa shape index (κ2) is 11.9. The lowest BCUT2D eigenvalue weighted by atomic mass is 10.1. The summed E-state index contributed by atoms with van der Waals surface area (Å²) < 4.78 is 55.6. The van der Waals surface area contributed by atoms with E-state index in [4.69, 9.17) is 23.2 Å². The van der Waals surface area contributed by atoms with E-state index in [2.05, 4.69) is 5.32 Å². The van der Waals surface area contributed by atoms with Crippen LogP contribution in [0.4, 0.5) is 28.9 Å². The Kier molecular flexibility index (Phi) is 8.61. The Hall–Kier alpha value is -3.53. The Morgan fingerprint density at radius 3 is 2.00 bits per heavy atom. The zero-order valence-corrected chi connectivity index (χ0v) is 21.4. The van der Waals surface area contributed by atoms with Gasteiger partial charge >= 0.3 is 0 Å². The third-order valence-corrected chi connectivity index (χ3v) is 7.06. The highest BCUT2D eigenvalue weighted by Gasteiger charge is 2.27. The number of hydrogen-bond acceptors (Lipinski definition) is 3. The van der Waals surface area contributed by atoms with Crippen molar-refractivity contribution < 1.29 is 27.2 Å². The lowest BCUT2D eigenvalue weighted by molar-refractivity contribution is -0.115. The van der Waals surface area contributed by atoms with E-state index in [-0.39, 0.29) is 16.7 Å². The Morgan fingerprint density at radius 1 is 0.763 bits per heavy atom. The van der Waals surface area contributed by atoms with Gasteiger partial charge in [0.05, 0.1) is 10.6 Å². The summed E-state index contributed by atoms with van der Waals surface area (Å²) in [7, 11) is 0. The molecule has 0 saturated carbocycles. The first kappa shape index (κ1) is 27.5. The van der Waals surface area contributed by atoms with E-state index in [1.54, 1.807) is 54.6 Å². The van der Waals surface area contributed by atoms with E-state index in [0.717, 1.165) is 11.8 Å². The van der Waals surface area contributed by atoms with Gasteiger partial charge in [-0.25, -0.2) is 17.6 Å². The summed E-state index contributed by atoms with van der Waals surface area (Å²) in [5.74, 6) is -8.06. The van der Waals surface area contributed by atoms with Crippen molar-refractivity contribution in [2.75, 3.05) is 10.6 Å². The van der Waals surface area contributed by atoms with Crippen LogP contribution >= 0.6 is 35.0 Å². The molecule has 194 valence electrons. The summed E-state index contributed by atoms with van der Waals surface area (Å²) in [5, 5.41) is 4.20. The summed E-state index contributed by atoms with van der Waals surface area (Å²) in [6, 6.07) is 19.3. The molecular formula is C27H16Cl2F4N2O2S. The van der Waals surface area contributed by atoms with Gasteiger partial charge in [0.25, 0.3) is 5.91 Å². The van der Waals surface area contributed by atoms with Crippen molar-refractivity contribution in [3.8, 4) is 0 Å². The van der Waals surface area contributed by atoms with Crippen molar-refractivity contribution >= 4 is 58.2 Å². The van der Waals surface area contributed by atoms with Crippen LogP contribution in [0.2, 0.25) is 10.0 Å². The number of amides is 2. The van der Waals surface area contributed by atoms with Crippen molar-refractivity contribution in [3.63, 3.8) is 0 Å². The fourth-order valence-corrected chi connectivity index (χ4v) is 4.92. The van der Waals surface area contributed by atoms with E-state index < -0.39 is 46.0 Å². The van der Waals surface area contributed by atoms with Crippen molar-refractivity contribution in [1.82, 2.24) is 0 Å². The van der Waals surface area contributed by atoms with E-state index in [1.807, 2.05) is 5.32 Å². The van der Waals surface area contributed by atoms with Gasteiger partial charge in [-0.2, -0.15) is 0 Å². The van der Waals surface area contributed by atoms with Crippen LogP contribution in [0.3, 0.4) is 0 Å². The number of carbonyl (C=O) groups excluding carboxylic acids is 2. The number of benzene rings is 4. The summed E-state index contributed by atoms with van der Waals surface area (Å²) in [6.45, 7) is 0. The van der Waals surface area contributed by atoms with Gasteiger partial charge in [-0.15, -0.1) is 11.8 Å². The predicted molar refractivity (Wildman–Crippen MR) is 141 cm³/mol. The second-order valence-corrected chi connectivity index (χ2v) is 9.87. The molecule has 2 amide bonds. The van der Waals surface area contributed by atoms with Crippen LogP contribution in [0.5, 0.6) is 0 Å². The van der Waals surface area contributed by atoms with Gasteiger partial charge in [0.15, 0.2) is 23.3 Å². The number of hydrogen-bond donors (Lipinski definition) is 2. The van der Waals surface area contributed by atoms with Crippen LogP contribution in [0.15, 0.2) is 83.8 Å². The molecule has 0 aliphatic heterocycles. The summed E-state index contributed by atoms with van der Waals surface area (Å²) in [5.41, 5.74) is -0.0792. The molecule has 0 aliphatic carbocycles. The second-order valence-electron chi connectivity index (χ2n) is 7.84. The molecule has 0 radical (unpaired) electrons.